The number of morpholine rings is 1. The van der Waals surface area contributed by atoms with Gasteiger partial charge in [-0.3, -0.25) is 9.69 Å². The molecule has 4 heteroatoms. The number of rotatable bonds is 3. The van der Waals surface area contributed by atoms with E-state index in [1.807, 2.05) is 0 Å². The molecule has 0 bridgehead atoms. The predicted molar refractivity (Wildman–Crippen MR) is 69.4 cm³/mol. The van der Waals surface area contributed by atoms with Crippen LogP contribution >= 0.6 is 0 Å². The summed E-state index contributed by atoms with van der Waals surface area (Å²) in [5.41, 5.74) is 0.720. The Kier molecular flexibility index (Phi) is 3.62. The van der Waals surface area contributed by atoms with Gasteiger partial charge in [-0.2, -0.15) is 0 Å². The molecule has 2 aliphatic heterocycles. The third kappa shape index (κ3) is 2.85. The van der Waals surface area contributed by atoms with Gasteiger partial charge in [0.1, 0.15) is 11.9 Å². The largest absolute Gasteiger partial charge is 0.367 e. The summed E-state index contributed by atoms with van der Waals surface area (Å²) in [5, 5.41) is 0. The fourth-order valence-electron chi connectivity index (χ4n) is 2.97. The summed E-state index contributed by atoms with van der Waals surface area (Å²) in [6.07, 6.45) is 2.27. The molecule has 19 heavy (non-hydrogen) atoms. The maximum absolute atomic E-state index is 13.1. The lowest BCUT2D eigenvalue weighted by atomic mass is 10.0. The lowest BCUT2D eigenvalue weighted by Gasteiger charge is -2.34. The van der Waals surface area contributed by atoms with Gasteiger partial charge in [0.25, 0.3) is 0 Å². The molecule has 0 aliphatic carbocycles. The Morgan fingerprint density at radius 3 is 3.21 bits per heavy atom. The van der Waals surface area contributed by atoms with Gasteiger partial charge in [0, 0.05) is 19.0 Å². The second kappa shape index (κ2) is 5.39. The summed E-state index contributed by atoms with van der Waals surface area (Å²) in [6, 6.07) is 6.72. The summed E-state index contributed by atoms with van der Waals surface area (Å²) in [7, 11) is 0. The van der Waals surface area contributed by atoms with E-state index < -0.39 is 0 Å². The van der Waals surface area contributed by atoms with E-state index in [4.69, 9.17) is 4.74 Å². The minimum atomic E-state index is -0.349. The SMILES string of the molecule is O=C(Cc1cccc(F)c1)C1CN2CCCC2CO1. The topological polar surface area (TPSA) is 29.5 Å². The molecule has 2 unspecified atom stereocenters. The highest BCUT2D eigenvalue weighted by Crippen LogP contribution is 2.23. The van der Waals surface area contributed by atoms with Crippen LogP contribution in [0.3, 0.4) is 0 Å². The number of nitrogens with zero attached hydrogens (tertiary/aromatic N) is 1. The van der Waals surface area contributed by atoms with Crippen LogP contribution < -0.4 is 0 Å². The highest BCUT2D eigenvalue weighted by Gasteiger charge is 2.34. The van der Waals surface area contributed by atoms with Gasteiger partial charge < -0.3 is 4.74 Å². The molecule has 0 saturated carbocycles. The van der Waals surface area contributed by atoms with Gasteiger partial charge in [0.15, 0.2) is 5.78 Å². The average Bonchev–Trinajstić information content (AvgIpc) is 2.85. The highest BCUT2D eigenvalue weighted by atomic mass is 19.1. The zero-order valence-corrected chi connectivity index (χ0v) is 10.8. The Bertz CT molecular complexity index is 477. The van der Waals surface area contributed by atoms with Crippen molar-refractivity contribution in [1.82, 2.24) is 4.90 Å². The van der Waals surface area contributed by atoms with E-state index in [1.165, 1.54) is 25.0 Å². The van der Waals surface area contributed by atoms with Crippen molar-refractivity contribution in [2.45, 2.75) is 31.4 Å². The first-order valence-electron chi connectivity index (χ1n) is 6.85. The third-order valence-corrected chi connectivity index (χ3v) is 4.02. The van der Waals surface area contributed by atoms with E-state index in [0.29, 0.717) is 19.2 Å². The molecule has 3 rings (SSSR count). The lowest BCUT2D eigenvalue weighted by Crippen LogP contribution is -2.49. The lowest BCUT2D eigenvalue weighted by molar-refractivity contribution is -0.137. The number of ether oxygens (including phenoxy) is 1. The Balaban J connectivity index is 1.61. The van der Waals surface area contributed by atoms with Gasteiger partial charge in [-0.25, -0.2) is 4.39 Å². The van der Waals surface area contributed by atoms with Gasteiger partial charge in [0.05, 0.1) is 6.61 Å². The number of benzene rings is 1. The smallest absolute Gasteiger partial charge is 0.167 e. The van der Waals surface area contributed by atoms with Crippen molar-refractivity contribution in [2.75, 3.05) is 19.7 Å². The molecule has 0 amide bonds. The van der Waals surface area contributed by atoms with Crippen LogP contribution in [-0.4, -0.2) is 42.5 Å². The molecule has 102 valence electrons. The molecule has 1 aromatic rings. The van der Waals surface area contributed by atoms with Crippen molar-refractivity contribution in [3.05, 3.63) is 35.6 Å². The van der Waals surface area contributed by atoms with Crippen LogP contribution in [0.1, 0.15) is 18.4 Å². The standard InChI is InChI=1S/C15H18FNO2/c16-12-4-1-3-11(7-12)8-14(18)15-9-17-6-2-5-13(17)10-19-15/h1,3-4,7,13,15H,2,5-6,8-10H2. The summed E-state index contributed by atoms with van der Waals surface area (Å²) in [6.45, 7) is 2.41. The number of ketones is 1. The number of halogens is 1. The van der Waals surface area contributed by atoms with Gasteiger partial charge in [-0.05, 0) is 37.1 Å². The number of carbonyl (C=O) groups is 1. The van der Waals surface area contributed by atoms with Crippen LogP contribution in [-0.2, 0) is 16.0 Å². The summed E-state index contributed by atoms with van der Waals surface area (Å²) >= 11 is 0. The molecule has 2 aliphatic rings. The summed E-state index contributed by atoms with van der Waals surface area (Å²) < 4.78 is 18.8. The van der Waals surface area contributed by atoms with Crippen LogP contribution in [0.15, 0.2) is 24.3 Å². The van der Waals surface area contributed by atoms with Crippen molar-refractivity contribution in [3.63, 3.8) is 0 Å². The van der Waals surface area contributed by atoms with Crippen LogP contribution in [0.5, 0.6) is 0 Å². The highest BCUT2D eigenvalue weighted by molar-refractivity contribution is 5.85. The van der Waals surface area contributed by atoms with Gasteiger partial charge in [-0.15, -0.1) is 0 Å². The third-order valence-electron chi connectivity index (χ3n) is 4.02. The second-order valence-corrected chi connectivity index (χ2v) is 5.39. The number of hydrogen-bond donors (Lipinski definition) is 0. The summed E-state index contributed by atoms with van der Waals surface area (Å²) in [4.78, 5) is 14.5. The molecule has 2 heterocycles. The van der Waals surface area contributed by atoms with Gasteiger partial charge in [-0.1, -0.05) is 12.1 Å². The van der Waals surface area contributed by atoms with E-state index in [-0.39, 0.29) is 24.1 Å². The van der Waals surface area contributed by atoms with Crippen molar-refractivity contribution in [1.29, 1.82) is 0 Å². The average molecular weight is 263 g/mol. The predicted octanol–water partition coefficient (Wildman–Crippen LogP) is 1.80. The Labute approximate surface area is 112 Å². The minimum absolute atomic E-state index is 0.0518. The van der Waals surface area contributed by atoms with Crippen molar-refractivity contribution >= 4 is 5.78 Å². The minimum Gasteiger partial charge on any atom is -0.367 e. The molecule has 1 aromatic carbocycles. The monoisotopic (exact) mass is 263 g/mol. The molecule has 0 N–H and O–H groups in total. The molecule has 3 nitrogen and oxygen atoms in total. The van der Waals surface area contributed by atoms with E-state index in [0.717, 1.165) is 12.1 Å². The van der Waals surface area contributed by atoms with Crippen molar-refractivity contribution in [3.8, 4) is 0 Å². The maximum Gasteiger partial charge on any atom is 0.167 e. The maximum atomic E-state index is 13.1. The van der Waals surface area contributed by atoms with E-state index in [1.54, 1.807) is 12.1 Å². The van der Waals surface area contributed by atoms with Crippen molar-refractivity contribution < 1.29 is 13.9 Å². The molecule has 0 radical (unpaired) electrons. The molecular weight excluding hydrogens is 245 g/mol. The second-order valence-electron chi connectivity index (χ2n) is 5.39. The van der Waals surface area contributed by atoms with Crippen LogP contribution in [0.2, 0.25) is 0 Å². The molecule has 0 aromatic heterocycles. The van der Waals surface area contributed by atoms with Crippen LogP contribution in [0.4, 0.5) is 4.39 Å². The Hall–Kier alpha value is -1.26. The first kappa shape index (κ1) is 12.8. The van der Waals surface area contributed by atoms with E-state index >= 15 is 0 Å². The normalized spacial score (nSPS) is 27.2. The van der Waals surface area contributed by atoms with Gasteiger partial charge >= 0.3 is 0 Å². The molecule has 0 spiro atoms. The molecule has 2 saturated heterocycles. The number of carbonyl (C=O) groups excluding carboxylic acids is 1. The fourth-order valence-corrected chi connectivity index (χ4v) is 2.97. The molecular formula is C15H18FNO2. The molecule has 2 atom stereocenters. The number of fused-ring (bicyclic) bond motifs is 1. The summed E-state index contributed by atoms with van der Waals surface area (Å²) in [5.74, 6) is -0.245. The zero-order valence-electron chi connectivity index (χ0n) is 10.8. The van der Waals surface area contributed by atoms with E-state index in [9.17, 15) is 9.18 Å². The molecule has 2 fully saturated rings. The quantitative estimate of drug-likeness (QED) is 0.833. The first-order valence-corrected chi connectivity index (χ1v) is 6.85. The fraction of sp³-hybridized carbons (Fsp3) is 0.533. The Morgan fingerprint density at radius 2 is 2.37 bits per heavy atom. The first-order chi connectivity index (χ1) is 9.22. The van der Waals surface area contributed by atoms with Crippen LogP contribution in [0.25, 0.3) is 0 Å². The van der Waals surface area contributed by atoms with E-state index in [2.05, 4.69) is 4.90 Å². The number of hydrogen-bond acceptors (Lipinski definition) is 3. The van der Waals surface area contributed by atoms with Gasteiger partial charge in [0.2, 0.25) is 0 Å². The number of Topliss-reactive ketones (excluding diaryl/α,β-unsaturated/α-hetero) is 1. The van der Waals surface area contributed by atoms with Crippen molar-refractivity contribution in [2.24, 2.45) is 0 Å². The van der Waals surface area contributed by atoms with Crippen LogP contribution in [0, 0.1) is 5.82 Å². The Morgan fingerprint density at radius 1 is 1.47 bits per heavy atom. The zero-order chi connectivity index (χ0) is 13.2.